The van der Waals surface area contributed by atoms with Crippen LogP contribution in [0.2, 0.25) is 0 Å². The molecule has 0 atom stereocenters. The summed E-state index contributed by atoms with van der Waals surface area (Å²) in [5, 5.41) is 0. The lowest BCUT2D eigenvalue weighted by molar-refractivity contribution is -0.140. The predicted octanol–water partition coefficient (Wildman–Crippen LogP) is 3.11. The molecule has 20 heavy (non-hydrogen) atoms. The molecule has 4 heteroatoms. The maximum atomic E-state index is 11.1. The first-order valence-corrected chi connectivity index (χ1v) is 7.65. The van der Waals surface area contributed by atoms with Gasteiger partial charge in [0.25, 0.3) is 0 Å². The van der Waals surface area contributed by atoms with Crippen LogP contribution in [0.5, 0.6) is 0 Å². The second-order valence-electron chi connectivity index (χ2n) is 5.45. The van der Waals surface area contributed by atoms with Gasteiger partial charge in [-0.15, -0.1) is 0 Å². The van der Waals surface area contributed by atoms with Crippen molar-refractivity contribution in [3.8, 4) is 0 Å². The maximum absolute atomic E-state index is 11.1. The number of esters is 1. The van der Waals surface area contributed by atoms with E-state index in [1.54, 1.807) is 6.92 Å². The average molecular weight is 284 g/mol. The van der Waals surface area contributed by atoms with Crippen LogP contribution in [0.4, 0.5) is 0 Å². The molecule has 0 bridgehead atoms. The van der Waals surface area contributed by atoms with Gasteiger partial charge in [0, 0.05) is 5.57 Å². The van der Waals surface area contributed by atoms with Crippen LogP contribution in [-0.2, 0) is 19.0 Å². The zero-order valence-electron chi connectivity index (χ0n) is 12.9. The first kappa shape index (κ1) is 17.2. The number of carbonyl (C=O) groups is 1. The highest BCUT2D eigenvalue weighted by Gasteiger charge is 2.19. The molecule has 1 saturated carbocycles. The Hall–Kier alpha value is -0.870. The van der Waals surface area contributed by atoms with Crippen molar-refractivity contribution in [2.24, 2.45) is 5.92 Å². The number of carbonyl (C=O) groups excluding carboxylic acids is 1. The summed E-state index contributed by atoms with van der Waals surface area (Å²) >= 11 is 0. The molecule has 1 fully saturated rings. The minimum atomic E-state index is -0.363. The van der Waals surface area contributed by atoms with Crippen LogP contribution in [-0.4, -0.2) is 38.5 Å². The average Bonchev–Trinajstić information content (AvgIpc) is 2.46. The number of hydrogen-bond donors (Lipinski definition) is 0. The van der Waals surface area contributed by atoms with Crippen molar-refractivity contribution in [2.45, 2.75) is 52.1 Å². The Balaban J connectivity index is 1.90. The smallest absolute Gasteiger partial charge is 0.333 e. The molecule has 0 unspecified atom stereocenters. The Bertz CT molecular complexity index is 293. The minimum absolute atomic E-state index is 0.271. The normalized spacial score (nSPS) is 22.5. The molecule has 0 aliphatic heterocycles. The van der Waals surface area contributed by atoms with E-state index in [0.29, 0.717) is 31.5 Å². The van der Waals surface area contributed by atoms with Crippen LogP contribution >= 0.6 is 0 Å². The summed E-state index contributed by atoms with van der Waals surface area (Å²) < 4.78 is 16.1. The summed E-state index contributed by atoms with van der Waals surface area (Å²) in [5.74, 6) is 0.534. The lowest BCUT2D eigenvalue weighted by Gasteiger charge is -2.27. The maximum Gasteiger partial charge on any atom is 0.333 e. The zero-order chi connectivity index (χ0) is 14.8. The van der Waals surface area contributed by atoms with E-state index in [0.717, 1.165) is 5.92 Å². The highest BCUT2D eigenvalue weighted by atomic mass is 16.6. The van der Waals surface area contributed by atoms with Crippen molar-refractivity contribution in [3.05, 3.63) is 12.2 Å². The Kier molecular flexibility index (Phi) is 8.54. The molecule has 0 radical (unpaired) electrons. The third-order valence-electron chi connectivity index (χ3n) is 3.76. The lowest BCUT2D eigenvalue weighted by Crippen LogP contribution is -2.23. The minimum Gasteiger partial charge on any atom is -0.460 e. The van der Waals surface area contributed by atoms with Crippen LogP contribution < -0.4 is 0 Å². The van der Waals surface area contributed by atoms with Gasteiger partial charge < -0.3 is 14.2 Å². The van der Waals surface area contributed by atoms with E-state index in [4.69, 9.17) is 14.2 Å². The van der Waals surface area contributed by atoms with E-state index in [1.165, 1.54) is 32.1 Å². The van der Waals surface area contributed by atoms with Crippen molar-refractivity contribution >= 4 is 5.97 Å². The molecular formula is C16H28O4. The first-order valence-electron chi connectivity index (χ1n) is 7.65. The van der Waals surface area contributed by atoms with Gasteiger partial charge in [-0.05, 0) is 38.5 Å². The molecule has 0 aromatic heterocycles. The van der Waals surface area contributed by atoms with Gasteiger partial charge in [0.15, 0.2) is 0 Å². The molecule has 116 valence electrons. The molecule has 4 nitrogen and oxygen atoms in total. The Morgan fingerprint density at radius 1 is 1.10 bits per heavy atom. The Labute approximate surface area is 122 Å². The van der Waals surface area contributed by atoms with Crippen LogP contribution in [0.3, 0.4) is 0 Å². The van der Waals surface area contributed by atoms with E-state index in [1.807, 2.05) is 0 Å². The second-order valence-corrected chi connectivity index (χ2v) is 5.45. The second kappa shape index (κ2) is 9.94. The van der Waals surface area contributed by atoms with Crippen LogP contribution in [0.15, 0.2) is 12.2 Å². The van der Waals surface area contributed by atoms with Gasteiger partial charge in [-0.2, -0.15) is 0 Å². The molecule has 1 aliphatic rings. The molecule has 0 heterocycles. The van der Waals surface area contributed by atoms with Gasteiger partial charge in [0.2, 0.25) is 0 Å². The van der Waals surface area contributed by atoms with Crippen LogP contribution in [0.25, 0.3) is 0 Å². The van der Waals surface area contributed by atoms with Gasteiger partial charge >= 0.3 is 5.97 Å². The summed E-state index contributed by atoms with van der Waals surface area (Å²) in [6, 6.07) is 0. The van der Waals surface area contributed by atoms with Gasteiger partial charge in [-0.1, -0.05) is 19.9 Å². The summed E-state index contributed by atoms with van der Waals surface area (Å²) in [6.45, 7) is 9.26. The van der Waals surface area contributed by atoms with Gasteiger partial charge in [-0.3, -0.25) is 0 Å². The van der Waals surface area contributed by atoms with Crippen molar-refractivity contribution < 1.29 is 19.0 Å². The number of hydrogen-bond acceptors (Lipinski definition) is 4. The summed E-state index contributed by atoms with van der Waals surface area (Å²) in [4.78, 5) is 11.1. The molecule has 0 amide bonds. The first-order chi connectivity index (χ1) is 9.63. The highest BCUT2D eigenvalue weighted by molar-refractivity contribution is 5.86. The topological polar surface area (TPSA) is 44.8 Å². The largest absolute Gasteiger partial charge is 0.460 e. The van der Waals surface area contributed by atoms with Crippen molar-refractivity contribution in [2.75, 3.05) is 26.4 Å². The molecule has 0 aromatic rings. The highest BCUT2D eigenvalue weighted by Crippen LogP contribution is 2.27. The van der Waals surface area contributed by atoms with E-state index < -0.39 is 0 Å². The Morgan fingerprint density at radius 3 is 2.35 bits per heavy atom. The summed E-state index contributed by atoms with van der Waals surface area (Å²) in [5.41, 5.74) is 0.413. The molecule has 0 spiro atoms. The fourth-order valence-electron chi connectivity index (χ4n) is 2.40. The monoisotopic (exact) mass is 284 g/mol. The van der Waals surface area contributed by atoms with E-state index in [2.05, 4.69) is 13.5 Å². The lowest BCUT2D eigenvalue weighted by atomic mass is 9.86. The Morgan fingerprint density at radius 2 is 1.75 bits per heavy atom. The third-order valence-corrected chi connectivity index (χ3v) is 3.76. The SMILES string of the molecule is C=C(C)C(=O)OCCOCCOC1CCC(CC)CC1. The number of ether oxygens (including phenoxy) is 3. The van der Waals surface area contributed by atoms with E-state index >= 15 is 0 Å². The van der Waals surface area contributed by atoms with E-state index in [-0.39, 0.29) is 12.6 Å². The van der Waals surface area contributed by atoms with Gasteiger partial charge in [-0.25, -0.2) is 4.79 Å². The number of rotatable bonds is 9. The molecule has 1 rings (SSSR count). The zero-order valence-corrected chi connectivity index (χ0v) is 12.9. The summed E-state index contributed by atoms with van der Waals surface area (Å²) in [7, 11) is 0. The molecule has 0 N–H and O–H groups in total. The van der Waals surface area contributed by atoms with Gasteiger partial charge in [0.1, 0.15) is 6.61 Å². The molecular weight excluding hydrogens is 256 g/mol. The van der Waals surface area contributed by atoms with Crippen LogP contribution in [0, 0.1) is 5.92 Å². The van der Waals surface area contributed by atoms with E-state index in [9.17, 15) is 4.79 Å². The predicted molar refractivity (Wildman–Crippen MR) is 78.6 cm³/mol. The van der Waals surface area contributed by atoms with Crippen LogP contribution in [0.1, 0.15) is 46.0 Å². The van der Waals surface area contributed by atoms with Gasteiger partial charge in [0.05, 0.1) is 25.9 Å². The fourth-order valence-corrected chi connectivity index (χ4v) is 2.40. The molecule has 0 aromatic carbocycles. The van der Waals surface area contributed by atoms with Crippen molar-refractivity contribution in [1.82, 2.24) is 0 Å². The third kappa shape index (κ3) is 7.06. The fraction of sp³-hybridized carbons (Fsp3) is 0.812. The standard InChI is InChI=1S/C16H28O4/c1-4-14-5-7-15(8-6-14)19-11-9-18-10-12-20-16(17)13(2)3/h14-15H,2,4-12H2,1,3H3. The molecule has 1 aliphatic carbocycles. The molecule has 0 saturated heterocycles. The van der Waals surface area contributed by atoms with Crippen molar-refractivity contribution in [1.29, 1.82) is 0 Å². The quantitative estimate of drug-likeness (QED) is 0.371. The summed E-state index contributed by atoms with van der Waals surface area (Å²) in [6.07, 6.45) is 6.63. The van der Waals surface area contributed by atoms with Crippen molar-refractivity contribution in [3.63, 3.8) is 0 Å².